The number of hydrogen-bond donors (Lipinski definition) is 0. The summed E-state index contributed by atoms with van der Waals surface area (Å²) in [6.07, 6.45) is -3.94. The van der Waals surface area contributed by atoms with Crippen molar-refractivity contribution < 1.29 is 17.9 Å². The predicted octanol–water partition coefficient (Wildman–Crippen LogP) is 1.63. The van der Waals surface area contributed by atoms with E-state index in [0.717, 1.165) is 0 Å². The average Bonchev–Trinajstić information content (AvgIpc) is 1.82. The molecule has 0 fully saturated rings. The minimum absolute atomic E-state index is 0.521. The van der Waals surface area contributed by atoms with Crippen LogP contribution in [0.5, 0.6) is 0 Å². The van der Waals surface area contributed by atoms with Crippen LogP contribution in [0.4, 0.5) is 13.2 Å². The van der Waals surface area contributed by atoms with Gasteiger partial charge in [-0.2, -0.15) is 0 Å². The van der Waals surface area contributed by atoms with Gasteiger partial charge in [-0.25, -0.2) is 13.2 Å². The zero-order chi connectivity index (χ0) is 7.28. The Morgan fingerprint density at radius 1 is 1.44 bits per heavy atom. The van der Waals surface area contributed by atoms with Gasteiger partial charge in [0.15, 0.2) is 0 Å². The summed E-state index contributed by atoms with van der Waals surface area (Å²) in [7, 11) is 1.21. The Hall–Kier alpha value is -0.250. The van der Waals surface area contributed by atoms with Crippen molar-refractivity contribution in [2.24, 2.45) is 0 Å². The lowest BCUT2D eigenvalue weighted by atomic mass is 10.3. The maximum atomic E-state index is 11.6. The van der Waals surface area contributed by atoms with Crippen LogP contribution in [0.2, 0.25) is 0 Å². The van der Waals surface area contributed by atoms with Gasteiger partial charge in [-0.1, -0.05) is 0 Å². The molecule has 1 nitrogen and oxygen atoms in total. The van der Waals surface area contributed by atoms with E-state index in [1.165, 1.54) is 7.11 Å². The van der Waals surface area contributed by atoms with Gasteiger partial charge in [0.25, 0.3) is 0 Å². The van der Waals surface area contributed by atoms with Gasteiger partial charge in [0, 0.05) is 13.5 Å². The first-order valence-electron chi connectivity index (χ1n) is 2.57. The molecule has 0 bridgehead atoms. The Balaban J connectivity index is 3.31. The van der Waals surface area contributed by atoms with Crippen LogP contribution in [-0.4, -0.2) is 26.3 Å². The van der Waals surface area contributed by atoms with Crippen LogP contribution in [0.15, 0.2) is 0 Å². The maximum Gasteiger partial charge on any atom is 0.241 e. The summed E-state index contributed by atoms with van der Waals surface area (Å²) in [5, 5.41) is 0. The van der Waals surface area contributed by atoms with E-state index in [2.05, 4.69) is 4.74 Å². The maximum absolute atomic E-state index is 11.6. The molecule has 0 aliphatic carbocycles. The van der Waals surface area contributed by atoms with Gasteiger partial charge in [-0.05, 0) is 0 Å². The third-order valence-electron chi connectivity index (χ3n) is 0.947. The van der Waals surface area contributed by atoms with Crippen molar-refractivity contribution in [3.63, 3.8) is 0 Å². The van der Waals surface area contributed by atoms with Crippen LogP contribution in [0.1, 0.15) is 6.42 Å². The van der Waals surface area contributed by atoms with Gasteiger partial charge in [0.1, 0.15) is 6.67 Å². The fraction of sp³-hybridized carbons (Fsp3) is 1.00. The molecule has 0 saturated carbocycles. The topological polar surface area (TPSA) is 9.23 Å². The molecule has 0 saturated heterocycles. The molecule has 56 valence electrons. The molecule has 0 aliphatic rings. The summed E-state index contributed by atoms with van der Waals surface area (Å²) in [5.41, 5.74) is 0. The molecule has 9 heavy (non-hydrogen) atoms. The van der Waals surface area contributed by atoms with Crippen molar-refractivity contribution in [2.45, 2.75) is 19.0 Å². The molecule has 1 atom stereocenters. The monoisotopic (exact) mass is 142 g/mol. The lowest BCUT2D eigenvalue weighted by Crippen LogP contribution is -2.16. The molecule has 0 N–H and O–H groups in total. The number of alkyl halides is 3. The van der Waals surface area contributed by atoms with Gasteiger partial charge >= 0.3 is 0 Å². The quantitative estimate of drug-likeness (QED) is 0.579. The van der Waals surface area contributed by atoms with Crippen LogP contribution in [-0.2, 0) is 4.74 Å². The van der Waals surface area contributed by atoms with E-state index in [-0.39, 0.29) is 0 Å². The van der Waals surface area contributed by atoms with Gasteiger partial charge in [-0.3, -0.25) is 0 Å². The minimum atomic E-state index is -2.48. The number of methoxy groups -OCH3 is 1. The molecule has 1 unspecified atom stereocenters. The largest absolute Gasteiger partial charge is 0.379 e. The Kier molecular flexibility index (Phi) is 4.48. The smallest absolute Gasteiger partial charge is 0.241 e. The molecule has 4 heteroatoms. The zero-order valence-corrected chi connectivity index (χ0v) is 5.11. The second-order valence-electron chi connectivity index (χ2n) is 1.64. The summed E-state index contributed by atoms with van der Waals surface area (Å²) >= 11 is 0. The van der Waals surface area contributed by atoms with Crippen LogP contribution < -0.4 is 0 Å². The van der Waals surface area contributed by atoms with Crippen molar-refractivity contribution in [1.29, 1.82) is 0 Å². The second kappa shape index (κ2) is 4.61. The molecule has 0 heterocycles. The second-order valence-corrected chi connectivity index (χ2v) is 1.64. The van der Waals surface area contributed by atoms with Crippen LogP contribution >= 0.6 is 0 Å². The average molecular weight is 142 g/mol. The molecule has 0 spiro atoms. The third-order valence-corrected chi connectivity index (χ3v) is 0.947. The summed E-state index contributed by atoms with van der Waals surface area (Å²) in [5.74, 6) is 0. The molecule has 0 aromatic heterocycles. The molecular weight excluding hydrogens is 133 g/mol. The summed E-state index contributed by atoms with van der Waals surface area (Å²) in [6.45, 7) is -0.846. The van der Waals surface area contributed by atoms with Crippen molar-refractivity contribution in [3.05, 3.63) is 0 Å². The highest BCUT2D eigenvalue weighted by Gasteiger charge is 2.13. The fourth-order valence-electron chi connectivity index (χ4n) is 0.421. The van der Waals surface area contributed by atoms with E-state index in [0.29, 0.717) is 0 Å². The number of halogens is 3. The molecular formula is C5H9F3O. The van der Waals surface area contributed by atoms with Gasteiger partial charge < -0.3 is 4.74 Å². The highest BCUT2D eigenvalue weighted by Crippen LogP contribution is 2.06. The first-order valence-corrected chi connectivity index (χ1v) is 2.57. The van der Waals surface area contributed by atoms with E-state index in [9.17, 15) is 13.2 Å². The molecule has 0 aliphatic heterocycles. The standard InChI is InChI=1S/C5H9F3O/c1-9-4(3-6)2-5(7)8/h4-5H,2-3H2,1H3. The van der Waals surface area contributed by atoms with Crippen molar-refractivity contribution in [1.82, 2.24) is 0 Å². The number of ether oxygens (including phenoxy) is 1. The van der Waals surface area contributed by atoms with E-state index in [4.69, 9.17) is 0 Å². The lowest BCUT2D eigenvalue weighted by molar-refractivity contribution is 0.0182. The van der Waals surface area contributed by atoms with Crippen molar-refractivity contribution >= 4 is 0 Å². The zero-order valence-electron chi connectivity index (χ0n) is 5.11. The number of rotatable bonds is 4. The lowest BCUT2D eigenvalue weighted by Gasteiger charge is -2.08. The van der Waals surface area contributed by atoms with Crippen molar-refractivity contribution in [3.8, 4) is 0 Å². The van der Waals surface area contributed by atoms with Crippen LogP contribution in [0, 0.1) is 0 Å². The van der Waals surface area contributed by atoms with Crippen LogP contribution in [0.3, 0.4) is 0 Å². The van der Waals surface area contributed by atoms with Crippen molar-refractivity contribution in [2.75, 3.05) is 13.8 Å². The SMILES string of the molecule is COC(CF)CC(F)F. The Morgan fingerprint density at radius 2 is 2.00 bits per heavy atom. The number of hydrogen-bond acceptors (Lipinski definition) is 1. The Labute approximate surface area is 51.8 Å². The molecule has 0 amide bonds. The van der Waals surface area contributed by atoms with E-state index < -0.39 is 25.6 Å². The third kappa shape index (κ3) is 4.27. The highest BCUT2D eigenvalue weighted by molar-refractivity contribution is 4.55. The van der Waals surface area contributed by atoms with Gasteiger partial charge in [0.05, 0.1) is 6.10 Å². The molecule has 0 aromatic rings. The first kappa shape index (κ1) is 8.75. The molecule has 0 aromatic carbocycles. The summed E-state index contributed by atoms with van der Waals surface area (Å²) in [6, 6.07) is 0. The Bertz CT molecular complexity index is 63.2. The normalized spacial score (nSPS) is 14.3. The first-order chi connectivity index (χ1) is 4.20. The predicted molar refractivity (Wildman–Crippen MR) is 27.4 cm³/mol. The Morgan fingerprint density at radius 3 is 2.11 bits per heavy atom. The molecule has 0 radical (unpaired) electrons. The highest BCUT2D eigenvalue weighted by atomic mass is 19.3. The summed E-state index contributed by atoms with van der Waals surface area (Å²) in [4.78, 5) is 0. The molecule has 0 rings (SSSR count). The van der Waals surface area contributed by atoms with Crippen LogP contribution in [0.25, 0.3) is 0 Å². The fourth-order valence-corrected chi connectivity index (χ4v) is 0.421. The minimum Gasteiger partial charge on any atom is -0.379 e. The van der Waals surface area contributed by atoms with E-state index >= 15 is 0 Å². The van der Waals surface area contributed by atoms with E-state index in [1.807, 2.05) is 0 Å². The summed E-state index contributed by atoms with van der Waals surface area (Å²) < 4.78 is 38.7. The van der Waals surface area contributed by atoms with Gasteiger partial charge in [-0.15, -0.1) is 0 Å². The van der Waals surface area contributed by atoms with E-state index in [1.54, 1.807) is 0 Å². The van der Waals surface area contributed by atoms with Gasteiger partial charge in [0.2, 0.25) is 6.43 Å².